The standard InChI is InChI=1S/C16H25NO2/c1-12-5-4-6-13(9-12)11-17-15-10-14(18-2)7-8-16(15)19-3/h7-8,10,12-13,17H,4-6,9,11H2,1-3H3. The Kier molecular flexibility index (Phi) is 4.94. The first-order valence-corrected chi connectivity index (χ1v) is 7.18. The van der Waals surface area contributed by atoms with E-state index in [-0.39, 0.29) is 0 Å². The predicted octanol–water partition coefficient (Wildman–Crippen LogP) is 3.94. The molecule has 1 aliphatic rings. The molecule has 0 amide bonds. The van der Waals surface area contributed by atoms with Gasteiger partial charge in [0, 0.05) is 12.6 Å². The van der Waals surface area contributed by atoms with Gasteiger partial charge in [0.15, 0.2) is 0 Å². The lowest BCUT2D eigenvalue weighted by Gasteiger charge is -2.27. The van der Waals surface area contributed by atoms with Gasteiger partial charge in [-0.1, -0.05) is 19.8 Å². The number of nitrogens with one attached hydrogen (secondary N) is 1. The first-order chi connectivity index (χ1) is 9.22. The van der Waals surface area contributed by atoms with Crippen molar-refractivity contribution in [3.8, 4) is 11.5 Å². The summed E-state index contributed by atoms with van der Waals surface area (Å²) in [5.74, 6) is 3.39. The molecule has 0 spiro atoms. The summed E-state index contributed by atoms with van der Waals surface area (Å²) in [5.41, 5.74) is 1.03. The highest BCUT2D eigenvalue weighted by Gasteiger charge is 2.19. The second kappa shape index (κ2) is 6.69. The fourth-order valence-electron chi connectivity index (χ4n) is 2.95. The summed E-state index contributed by atoms with van der Waals surface area (Å²) in [7, 11) is 3.39. The summed E-state index contributed by atoms with van der Waals surface area (Å²) in [6, 6.07) is 5.88. The monoisotopic (exact) mass is 263 g/mol. The molecule has 1 aromatic rings. The molecule has 0 saturated heterocycles. The van der Waals surface area contributed by atoms with E-state index in [1.807, 2.05) is 18.2 Å². The fourth-order valence-corrected chi connectivity index (χ4v) is 2.95. The van der Waals surface area contributed by atoms with Crippen LogP contribution in [0.2, 0.25) is 0 Å². The second-order valence-corrected chi connectivity index (χ2v) is 5.58. The number of rotatable bonds is 5. The van der Waals surface area contributed by atoms with Crippen molar-refractivity contribution in [1.29, 1.82) is 0 Å². The highest BCUT2D eigenvalue weighted by molar-refractivity contribution is 5.59. The molecular formula is C16H25NO2. The Bertz CT molecular complexity index is 406. The Morgan fingerprint density at radius 1 is 1.21 bits per heavy atom. The van der Waals surface area contributed by atoms with Crippen LogP contribution in [0.25, 0.3) is 0 Å². The zero-order valence-electron chi connectivity index (χ0n) is 12.2. The molecule has 2 atom stereocenters. The maximum absolute atomic E-state index is 5.39. The van der Waals surface area contributed by atoms with Gasteiger partial charge in [-0.15, -0.1) is 0 Å². The third-order valence-corrected chi connectivity index (χ3v) is 4.03. The molecule has 2 unspecified atom stereocenters. The van der Waals surface area contributed by atoms with Crippen LogP contribution in [0.5, 0.6) is 11.5 Å². The van der Waals surface area contributed by atoms with E-state index in [2.05, 4.69) is 12.2 Å². The average Bonchev–Trinajstić information content (AvgIpc) is 2.45. The molecule has 2 rings (SSSR count). The number of hydrogen-bond acceptors (Lipinski definition) is 3. The van der Waals surface area contributed by atoms with E-state index >= 15 is 0 Å². The van der Waals surface area contributed by atoms with Crippen LogP contribution in [-0.2, 0) is 0 Å². The van der Waals surface area contributed by atoms with E-state index in [0.29, 0.717) is 0 Å². The van der Waals surface area contributed by atoms with Crippen molar-refractivity contribution in [2.75, 3.05) is 26.1 Å². The van der Waals surface area contributed by atoms with Gasteiger partial charge in [0.1, 0.15) is 11.5 Å². The van der Waals surface area contributed by atoms with E-state index in [1.54, 1.807) is 14.2 Å². The van der Waals surface area contributed by atoms with E-state index < -0.39 is 0 Å². The molecule has 0 bridgehead atoms. The van der Waals surface area contributed by atoms with Gasteiger partial charge in [-0.05, 0) is 36.8 Å². The molecule has 19 heavy (non-hydrogen) atoms. The van der Waals surface area contributed by atoms with Gasteiger partial charge < -0.3 is 14.8 Å². The van der Waals surface area contributed by atoms with Crippen LogP contribution in [-0.4, -0.2) is 20.8 Å². The average molecular weight is 263 g/mol. The molecule has 3 heteroatoms. The Labute approximate surface area is 116 Å². The van der Waals surface area contributed by atoms with E-state index in [9.17, 15) is 0 Å². The molecule has 0 radical (unpaired) electrons. The van der Waals surface area contributed by atoms with Gasteiger partial charge in [-0.25, -0.2) is 0 Å². The number of benzene rings is 1. The molecule has 0 aliphatic heterocycles. The smallest absolute Gasteiger partial charge is 0.142 e. The first kappa shape index (κ1) is 14.0. The van der Waals surface area contributed by atoms with Crippen molar-refractivity contribution in [1.82, 2.24) is 0 Å². The summed E-state index contributed by atoms with van der Waals surface area (Å²) in [5, 5.41) is 3.52. The second-order valence-electron chi connectivity index (χ2n) is 5.58. The Morgan fingerprint density at radius 2 is 2.05 bits per heavy atom. The zero-order valence-corrected chi connectivity index (χ0v) is 12.2. The lowest BCUT2D eigenvalue weighted by atomic mass is 9.82. The first-order valence-electron chi connectivity index (χ1n) is 7.18. The molecule has 1 fully saturated rings. The third kappa shape index (κ3) is 3.79. The molecule has 0 heterocycles. The van der Waals surface area contributed by atoms with Crippen molar-refractivity contribution >= 4 is 5.69 Å². The van der Waals surface area contributed by atoms with E-state index in [4.69, 9.17) is 9.47 Å². The van der Waals surface area contributed by atoms with Gasteiger partial charge >= 0.3 is 0 Å². The third-order valence-electron chi connectivity index (χ3n) is 4.03. The van der Waals surface area contributed by atoms with E-state index in [1.165, 1.54) is 25.7 Å². The van der Waals surface area contributed by atoms with Crippen LogP contribution in [0, 0.1) is 11.8 Å². The van der Waals surface area contributed by atoms with Gasteiger partial charge in [0.25, 0.3) is 0 Å². The number of anilines is 1. The van der Waals surface area contributed by atoms with Crippen molar-refractivity contribution in [3.63, 3.8) is 0 Å². The Balaban J connectivity index is 1.97. The minimum atomic E-state index is 0.777. The molecule has 3 nitrogen and oxygen atoms in total. The largest absolute Gasteiger partial charge is 0.497 e. The molecule has 1 N–H and O–H groups in total. The van der Waals surface area contributed by atoms with Crippen LogP contribution in [0.15, 0.2) is 18.2 Å². The van der Waals surface area contributed by atoms with Crippen molar-refractivity contribution in [3.05, 3.63) is 18.2 Å². The van der Waals surface area contributed by atoms with Crippen molar-refractivity contribution in [2.45, 2.75) is 32.6 Å². The van der Waals surface area contributed by atoms with Crippen LogP contribution in [0.4, 0.5) is 5.69 Å². The molecule has 106 valence electrons. The number of methoxy groups -OCH3 is 2. The summed E-state index contributed by atoms with van der Waals surface area (Å²) in [6.45, 7) is 3.38. The minimum absolute atomic E-state index is 0.777. The van der Waals surface area contributed by atoms with Gasteiger partial charge in [0.05, 0.1) is 19.9 Å². The Morgan fingerprint density at radius 3 is 2.74 bits per heavy atom. The quantitative estimate of drug-likeness (QED) is 0.872. The summed E-state index contributed by atoms with van der Waals surface area (Å²) < 4.78 is 10.7. The van der Waals surface area contributed by atoms with Crippen molar-refractivity contribution < 1.29 is 9.47 Å². The maximum atomic E-state index is 5.39. The van der Waals surface area contributed by atoms with Crippen LogP contribution in [0.1, 0.15) is 32.6 Å². The molecule has 1 saturated carbocycles. The van der Waals surface area contributed by atoms with Crippen LogP contribution >= 0.6 is 0 Å². The van der Waals surface area contributed by atoms with Crippen LogP contribution in [0.3, 0.4) is 0 Å². The summed E-state index contributed by atoms with van der Waals surface area (Å²) in [4.78, 5) is 0. The Hall–Kier alpha value is -1.38. The fraction of sp³-hybridized carbons (Fsp3) is 0.625. The topological polar surface area (TPSA) is 30.5 Å². The molecule has 0 aromatic heterocycles. The van der Waals surface area contributed by atoms with E-state index in [0.717, 1.165) is 35.6 Å². The van der Waals surface area contributed by atoms with Crippen molar-refractivity contribution in [2.24, 2.45) is 11.8 Å². The summed E-state index contributed by atoms with van der Waals surface area (Å²) >= 11 is 0. The highest BCUT2D eigenvalue weighted by Crippen LogP contribution is 2.32. The predicted molar refractivity (Wildman–Crippen MR) is 79.2 cm³/mol. The number of hydrogen-bond donors (Lipinski definition) is 1. The SMILES string of the molecule is COc1ccc(OC)c(NCC2CCCC(C)C2)c1. The zero-order chi connectivity index (χ0) is 13.7. The lowest BCUT2D eigenvalue weighted by molar-refractivity contribution is 0.293. The van der Waals surface area contributed by atoms with Crippen LogP contribution < -0.4 is 14.8 Å². The normalized spacial score (nSPS) is 22.9. The lowest BCUT2D eigenvalue weighted by Crippen LogP contribution is -2.21. The van der Waals surface area contributed by atoms with Gasteiger partial charge in [-0.2, -0.15) is 0 Å². The van der Waals surface area contributed by atoms with Gasteiger partial charge in [0.2, 0.25) is 0 Å². The molecular weight excluding hydrogens is 238 g/mol. The van der Waals surface area contributed by atoms with Gasteiger partial charge in [-0.3, -0.25) is 0 Å². The highest BCUT2D eigenvalue weighted by atomic mass is 16.5. The maximum Gasteiger partial charge on any atom is 0.142 e. The molecule has 1 aromatic carbocycles. The summed E-state index contributed by atoms with van der Waals surface area (Å²) in [6.07, 6.45) is 5.42. The molecule has 1 aliphatic carbocycles. The minimum Gasteiger partial charge on any atom is -0.497 e. The number of ether oxygens (including phenoxy) is 2.